The third kappa shape index (κ3) is 5.27. The highest BCUT2D eigenvalue weighted by molar-refractivity contribution is 6.13. The molecule has 3 heterocycles. The number of aromatic nitrogens is 3. The fourth-order valence-corrected chi connectivity index (χ4v) is 4.56. The van der Waals surface area contributed by atoms with Crippen LogP contribution in [-0.2, 0) is 0 Å². The first-order chi connectivity index (χ1) is 18.7. The molecule has 0 unspecified atom stereocenters. The summed E-state index contributed by atoms with van der Waals surface area (Å²) in [4.78, 5) is 37.5. The van der Waals surface area contributed by atoms with Gasteiger partial charge >= 0.3 is 0 Å². The molecule has 3 aromatic heterocycles. The first-order valence-corrected chi connectivity index (χ1v) is 12.7. The summed E-state index contributed by atoms with van der Waals surface area (Å²) in [7, 11) is 1.72. The number of hydrogen-bond donors (Lipinski definition) is 1. The number of rotatable bonds is 6. The van der Waals surface area contributed by atoms with E-state index in [1.165, 1.54) is 0 Å². The summed E-state index contributed by atoms with van der Waals surface area (Å²) in [5.74, 6) is 0.183. The zero-order chi connectivity index (χ0) is 27.7. The molecule has 8 heteroatoms. The number of fused-ring (bicyclic) bond motifs is 1. The first kappa shape index (κ1) is 25.8. The van der Waals surface area contributed by atoms with Gasteiger partial charge in [0.05, 0.1) is 34.2 Å². The second kappa shape index (κ2) is 10.5. The molecule has 2 aromatic carbocycles. The zero-order valence-corrected chi connectivity index (χ0v) is 22.5. The van der Waals surface area contributed by atoms with E-state index in [1.54, 1.807) is 48.5 Å². The smallest absolute Gasteiger partial charge is 0.256 e. The van der Waals surface area contributed by atoms with Crippen LogP contribution in [0.4, 0.5) is 5.69 Å². The number of hydrogen-bond acceptors (Lipinski definition) is 6. The molecule has 0 radical (unpaired) electrons. The SMILES string of the molecule is Cc1cc(C)c2nc(-c3ccccn3)cc(C(=O)Nc3ccc(C(=O)N(C)[C@@H](C)c4cc(C)no4)cc3)c2c1. The molecule has 1 N–H and O–H groups in total. The molecule has 5 aromatic rings. The number of pyridine rings is 2. The van der Waals surface area contributed by atoms with E-state index in [0.717, 1.165) is 27.7 Å². The van der Waals surface area contributed by atoms with Crippen LogP contribution in [-0.4, -0.2) is 38.9 Å². The molecule has 196 valence electrons. The molecule has 0 aliphatic heterocycles. The lowest BCUT2D eigenvalue weighted by molar-refractivity contribution is 0.0720. The fraction of sp³-hybridized carbons (Fsp3) is 0.194. The Kier molecular flexibility index (Phi) is 6.94. The molecule has 5 rings (SSSR count). The Morgan fingerprint density at radius 3 is 2.38 bits per heavy atom. The summed E-state index contributed by atoms with van der Waals surface area (Å²) < 4.78 is 5.32. The Hall–Kier alpha value is -4.85. The van der Waals surface area contributed by atoms with Crippen molar-refractivity contribution >= 4 is 28.4 Å². The molecule has 1 atom stereocenters. The maximum Gasteiger partial charge on any atom is 0.256 e. The number of nitrogens with one attached hydrogen (secondary N) is 1. The molecule has 8 nitrogen and oxygen atoms in total. The number of anilines is 1. The standard InChI is InChI=1S/C31H29N5O3/c1-18-14-19(2)29-24(15-18)25(17-27(34-29)26-8-6-7-13-32-26)30(37)33-23-11-9-22(10-12-23)31(38)36(5)21(4)28-16-20(3)35-39-28/h6-17,21H,1-5H3,(H,33,37)/t21-/m0/s1. The van der Waals surface area contributed by atoms with Crippen LogP contribution in [0.2, 0.25) is 0 Å². The van der Waals surface area contributed by atoms with Crippen molar-refractivity contribution in [3.05, 3.63) is 107 Å². The number of aryl methyl sites for hydroxylation is 3. The van der Waals surface area contributed by atoms with Crippen molar-refractivity contribution in [2.24, 2.45) is 0 Å². The van der Waals surface area contributed by atoms with Gasteiger partial charge < -0.3 is 14.7 Å². The third-order valence-corrected chi connectivity index (χ3v) is 6.77. The van der Waals surface area contributed by atoms with Gasteiger partial charge in [0.25, 0.3) is 11.8 Å². The van der Waals surface area contributed by atoms with Gasteiger partial charge in [-0.05, 0) is 81.8 Å². The zero-order valence-electron chi connectivity index (χ0n) is 22.5. The molecule has 0 saturated carbocycles. The maximum atomic E-state index is 13.6. The topological polar surface area (TPSA) is 101 Å². The summed E-state index contributed by atoms with van der Waals surface area (Å²) in [5.41, 5.74) is 6.44. The summed E-state index contributed by atoms with van der Waals surface area (Å²) in [6, 6.07) is 19.8. The number of carbonyl (C=O) groups excluding carboxylic acids is 2. The highest BCUT2D eigenvalue weighted by Crippen LogP contribution is 2.28. The van der Waals surface area contributed by atoms with Gasteiger partial charge in [-0.15, -0.1) is 0 Å². The van der Waals surface area contributed by atoms with Crippen molar-refractivity contribution < 1.29 is 14.1 Å². The van der Waals surface area contributed by atoms with E-state index < -0.39 is 0 Å². The van der Waals surface area contributed by atoms with Crippen molar-refractivity contribution in [2.45, 2.75) is 33.7 Å². The lowest BCUT2D eigenvalue weighted by Gasteiger charge is -2.23. The Balaban J connectivity index is 1.41. The number of nitrogens with zero attached hydrogens (tertiary/aromatic N) is 4. The van der Waals surface area contributed by atoms with Gasteiger partial charge in [-0.3, -0.25) is 14.6 Å². The highest BCUT2D eigenvalue weighted by atomic mass is 16.5. The molecule has 0 fully saturated rings. The molecule has 2 amide bonds. The minimum atomic E-state index is -0.279. The number of amides is 2. The summed E-state index contributed by atoms with van der Waals surface area (Å²) in [6.45, 7) is 7.71. The van der Waals surface area contributed by atoms with Crippen LogP contribution in [0.1, 0.15) is 56.3 Å². The molecule has 39 heavy (non-hydrogen) atoms. The largest absolute Gasteiger partial charge is 0.359 e. The Morgan fingerprint density at radius 2 is 1.72 bits per heavy atom. The van der Waals surface area contributed by atoms with E-state index in [2.05, 4.69) is 21.5 Å². The predicted octanol–water partition coefficient (Wildman–Crippen LogP) is 6.30. The minimum absolute atomic E-state index is 0.166. The maximum absolute atomic E-state index is 13.6. The van der Waals surface area contributed by atoms with E-state index in [0.29, 0.717) is 34.0 Å². The lowest BCUT2D eigenvalue weighted by Crippen LogP contribution is -2.29. The van der Waals surface area contributed by atoms with Gasteiger partial charge in [-0.1, -0.05) is 22.9 Å². The van der Waals surface area contributed by atoms with Crippen LogP contribution >= 0.6 is 0 Å². The number of benzene rings is 2. The minimum Gasteiger partial charge on any atom is -0.359 e. The van der Waals surface area contributed by atoms with E-state index in [-0.39, 0.29) is 17.9 Å². The van der Waals surface area contributed by atoms with E-state index in [1.807, 2.05) is 58.0 Å². The number of carbonyl (C=O) groups is 2. The first-order valence-electron chi connectivity index (χ1n) is 12.7. The van der Waals surface area contributed by atoms with E-state index in [4.69, 9.17) is 9.51 Å². The highest BCUT2D eigenvalue weighted by Gasteiger charge is 2.22. The van der Waals surface area contributed by atoms with Gasteiger partial charge in [0.15, 0.2) is 5.76 Å². The van der Waals surface area contributed by atoms with Crippen molar-refractivity contribution in [3.63, 3.8) is 0 Å². The summed E-state index contributed by atoms with van der Waals surface area (Å²) >= 11 is 0. The van der Waals surface area contributed by atoms with Gasteiger partial charge in [-0.25, -0.2) is 4.98 Å². The molecule has 0 spiro atoms. The predicted molar refractivity (Wildman–Crippen MR) is 151 cm³/mol. The summed E-state index contributed by atoms with van der Waals surface area (Å²) in [5, 5.41) is 7.66. The van der Waals surface area contributed by atoms with Crippen LogP contribution in [0.3, 0.4) is 0 Å². The molecular weight excluding hydrogens is 490 g/mol. The van der Waals surface area contributed by atoms with Crippen molar-refractivity contribution in [2.75, 3.05) is 12.4 Å². The van der Waals surface area contributed by atoms with E-state index in [9.17, 15) is 9.59 Å². The molecule has 0 saturated heterocycles. The van der Waals surface area contributed by atoms with Crippen LogP contribution in [0.15, 0.2) is 77.4 Å². The normalized spacial score (nSPS) is 11.8. The second-order valence-corrected chi connectivity index (χ2v) is 9.74. The second-order valence-electron chi connectivity index (χ2n) is 9.74. The summed E-state index contributed by atoms with van der Waals surface area (Å²) in [6.07, 6.45) is 1.70. The molecular formula is C31H29N5O3. The molecule has 0 aliphatic rings. The molecule has 0 aliphatic carbocycles. The van der Waals surface area contributed by atoms with E-state index >= 15 is 0 Å². The monoisotopic (exact) mass is 519 g/mol. The average molecular weight is 520 g/mol. The third-order valence-electron chi connectivity index (χ3n) is 6.77. The van der Waals surface area contributed by atoms with Crippen molar-refractivity contribution in [1.82, 2.24) is 20.0 Å². The Morgan fingerprint density at radius 1 is 0.949 bits per heavy atom. The quantitative estimate of drug-likeness (QED) is 0.283. The molecule has 0 bridgehead atoms. The average Bonchev–Trinajstić information content (AvgIpc) is 3.38. The van der Waals surface area contributed by atoms with Crippen LogP contribution in [0.5, 0.6) is 0 Å². The van der Waals surface area contributed by atoms with Gasteiger partial charge in [0.1, 0.15) is 0 Å². The Labute approximate surface area is 226 Å². The van der Waals surface area contributed by atoms with Gasteiger partial charge in [0.2, 0.25) is 0 Å². The fourth-order valence-electron chi connectivity index (χ4n) is 4.56. The van der Waals surface area contributed by atoms with Crippen LogP contribution in [0, 0.1) is 20.8 Å². The van der Waals surface area contributed by atoms with Gasteiger partial charge in [-0.2, -0.15) is 0 Å². The van der Waals surface area contributed by atoms with Crippen LogP contribution < -0.4 is 5.32 Å². The van der Waals surface area contributed by atoms with Crippen molar-refractivity contribution in [1.29, 1.82) is 0 Å². The lowest BCUT2D eigenvalue weighted by atomic mass is 10.00. The van der Waals surface area contributed by atoms with Crippen LogP contribution in [0.25, 0.3) is 22.3 Å². The van der Waals surface area contributed by atoms with Gasteiger partial charge in [0, 0.05) is 35.9 Å². The Bertz CT molecular complexity index is 1680. The van der Waals surface area contributed by atoms with Crippen molar-refractivity contribution in [3.8, 4) is 11.4 Å².